The van der Waals surface area contributed by atoms with Gasteiger partial charge in [0.05, 0.1) is 30.4 Å². The van der Waals surface area contributed by atoms with Gasteiger partial charge in [-0.2, -0.15) is 0 Å². The van der Waals surface area contributed by atoms with Gasteiger partial charge in [-0.15, -0.1) is 0 Å². The standard InChI is InChI=1S/C25H20N2O5S/c1-30-19-11-9-18(10-12-19)26-25-27-23(28)22(33-25)15-16-8-13-20(21(14-16)31-2)32-24(29)17-6-4-3-5-7-17/h3-15H,1-2H3,(H,26,27,28)/b22-15-. The molecule has 166 valence electrons. The van der Waals surface area contributed by atoms with Gasteiger partial charge in [-0.3, -0.25) is 4.79 Å². The summed E-state index contributed by atoms with van der Waals surface area (Å²) in [5, 5.41) is 3.24. The minimum absolute atomic E-state index is 0.245. The fraction of sp³-hybridized carbons (Fsp3) is 0.0800. The van der Waals surface area contributed by atoms with E-state index >= 15 is 0 Å². The molecule has 1 N–H and O–H groups in total. The van der Waals surface area contributed by atoms with Gasteiger partial charge in [-0.1, -0.05) is 24.3 Å². The van der Waals surface area contributed by atoms with Crippen molar-refractivity contribution in [2.75, 3.05) is 14.2 Å². The molecule has 4 rings (SSSR count). The normalized spacial score (nSPS) is 15.4. The highest BCUT2D eigenvalue weighted by molar-refractivity contribution is 8.18. The molecule has 0 aliphatic carbocycles. The molecule has 0 saturated carbocycles. The lowest BCUT2D eigenvalue weighted by Gasteiger charge is -2.10. The van der Waals surface area contributed by atoms with Crippen molar-refractivity contribution in [1.82, 2.24) is 5.32 Å². The fourth-order valence-corrected chi connectivity index (χ4v) is 3.84. The average Bonchev–Trinajstić information content (AvgIpc) is 3.19. The van der Waals surface area contributed by atoms with Gasteiger partial charge in [0.1, 0.15) is 5.75 Å². The number of carbonyl (C=O) groups is 2. The van der Waals surface area contributed by atoms with E-state index in [-0.39, 0.29) is 5.91 Å². The van der Waals surface area contributed by atoms with Gasteiger partial charge in [0.2, 0.25) is 0 Å². The minimum Gasteiger partial charge on any atom is -0.497 e. The lowest BCUT2D eigenvalue weighted by atomic mass is 10.2. The topological polar surface area (TPSA) is 86.2 Å². The fourth-order valence-electron chi connectivity index (χ4n) is 3.00. The third-order valence-corrected chi connectivity index (χ3v) is 5.56. The number of carbonyl (C=O) groups excluding carboxylic acids is 2. The monoisotopic (exact) mass is 460 g/mol. The van der Waals surface area contributed by atoms with E-state index in [1.54, 1.807) is 79.9 Å². The maximum Gasteiger partial charge on any atom is 0.343 e. The molecule has 0 bridgehead atoms. The van der Waals surface area contributed by atoms with Crippen LogP contribution in [0.2, 0.25) is 0 Å². The molecule has 7 nitrogen and oxygen atoms in total. The zero-order valence-corrected chi connectivity index (χ0v) is 18.7. The van der Waals surface area contributed by atoms with E-state index in [2.05, 4.69) is 10.3 Å². The Morgan fingerprint density at radius 2 is 1.70 bits per heavy atom. The summed E-state index contributed by atoms with van der Waals surface area (Å²) in [4.78, 5) is 29.7. The molecule has 0 spiro atoms. The van der Waals surface area contributed by atoms with Crippen molar-refractivity contribution in [3.63, 3.8) is 0 Å². The van der Waals surface area contributed by atoms with Crippen LogP contribution in [-0.2, 0) is 4.79 Å². The van der Waals surface area contributed by atoms with Gasteiger partial charge >= 0.3 is 5.97 Å². The van der Waals surface area contributed by atoms with Crippen molar-refractivity contribution in [2.45, 2.75) is 0 Å². The molecule has 1 saturated heterocycles. The second-order valence-corrected chi connectivity index (χ2v) is 7.88. The zero-order valence-electron chi connectivity index (χ0n) is 17.9. The Bertz CT molecular complexity index is 1240. The predicted molar refractivity (Wildman–Crippen MR) is 128 cm³/mol. The number of benzene rings is 3. The first-order chi connectivity index (χ1) is 16.1. The lowest BCUT2D eigenvalue weighted by molar-refractivity contribution is -0.115. The lowest BCUT2D eigenvalue weighted by Crippen LogP contribution is -2.19. The van der Waals surface area contributed by atoms with Crippen LogP contribution in [0.1, 0.15) is 15.9 Å². The van der Waals surface area contributed by atoms with Crippen LogP contribution in [0.4, 0.5) is 5.69 Å². The zero-order chi connectivity index (χ0) is 23.2. The van der Waals surface area contributed by atoms with E-state index in [4.69, 9.17) is 14.2 Å². The van der Waals surface area contributed by atoms with Crippen LogP contribution in [0.15, 0.2) is 82.7 Å². The number of aliphatic imine (C=N–C) groups is 1. The Morgan fingerprint density at radius 1 is 0.939 bits per heavy atom. The Hall–Kier alpha value is -4.04. The number of thioether (sulfide) groups is 1. The van der Waals surface area contributed by atoms with E-state index in [0.29, 0.717) is 32.8 Å². The second-order valence-electron chi connectivity index (χ2n) is 6.85. The second kappa shape index (κ2) is 10.1. The molecule has 33 heavy (non-hydrogen) atoms. The number of amidine groups is 1. The summed E-state index contributed by atoms with van der Waals surface area (Å²) in [6, 6.07) is 21.0. The molecular weight excluding hydrogens is 440 g/mol. The van der Waals surface area contributed by atoms with Crippen LogP contribution in [0.5, 0.6) is 17.2 Å². The van der Waals surface area contributed by atoms with E-state index in [1.165, 1.54) is 18.9 Å². The van der Waals surface area contributed by atoms with E-state index in [9.17, 15) is 9.59 Å². The summed E-state index contributed by atoms with van der Waals surface area (Å²) in [5.41, 5.74) is 1.86. The highest BCUT2D eigenvalue weighted by atomic mass is 32.2. The summed E-state index contributed by atoms with van der Waals surface area (Å²) in [6.07, 6.45) is 1.72. The molecular formula is C25H20N2O5S. The van der Waals surface area contributed by atoms with Crippen molar-refractivity contribution in [3.8, 4) is 17.2 Å². The molecule has 8 heteroatoms. The van der Waals surface area contributed by atoms with E-state index < -0.39 is 5.97 Å². The molecule has 0 atom stereocenters. The number of rotatable bonds is 6. The molecule has 1 aliphatic heterocycles. The smallest absolute Gasteiger partial charge is 0.343 e. The maximum atomic E-state index is 12.4. The third-order valence-electron chi connectivity index (χ3n) is 4.65. The molecule has 3 aromatic carbocycles. The van der Waals surface area contributed by atoms with Gasteiger partial charge in [-0.25, -0.2) is 9.79 Å². The third kappa shape index (κ3) is 5.42. The Morgan fingerprint density at radius 3 is 2.39 bits per heavy atom. The van der Waals surface area contributed by atoms with Crippen LogP contribution in [-0.4, -0.2) is 31.3 Å². The molecule has 1 aliphatic rings. The number of esters is 1. The average molecular weight is 461 g/mol. The van der Waals surface area contributed by atoms with Gasteiger partial charge in [0.15, 0.2) is 16.7 Å². The van der Waals surface area contributed by atoms with Crippen molar-refractivity contribution in [3.05, 3.63) is 88.8 Å². The van der Waals surface area contributed by atoms with Crippen LogP contribution in [0.25, 0.3) is 6.08 Å². The first kappa shape index (κ1) is 22.2. The van der Waals surface area contributed by atoms with Crippen molar-refractivity contribution in [1.29, 1.82) is 0 Å². The molecule has 1 heterocycles. The van der Waals surface area contributed by atoms with Crippen molar-refractivity contribution < 1.29 is 23.8 Å². The summed E-state index contributed by atoms with van der Waals surface area (Å²) >= 11 is 1.24. The molecule has 3 aromatic rings. The number of nitrogens with one attached hydrogen (secondary N) is 1. The summed E-state index contributed by atoms with van der Waals surface area (Å²) in [5.74, 6) is 0.674. The molecule has 0 unspecified atom stereocenters. The number of nitrogens with zero attached hydrogens (tertiary/aromatic N) is 1. The highest BCUT2D eigenvalue weighted by Crippen LogP contribution is 2.33. The van der Waals surface area contributed by atoms with Crippen LogP contribution >= 0.6 is 11.8 Å². The maximum absolute atomic E-state index is 12.4. The quantitative estimate of drug-likeness (QED) is 0.323. The number of hydrogen-bond donors (Lipinski definition) is 1. The van der Waals surface area contributed by atoms with Gasteiger partial charge in [0, 0.05) is 0 Å². The Kier molecular flexibility index (Phi) is 6.75. The summed E-state index contributed by atoms with van der Waals surface area (Å²) < 4.78 is 16.0. The predicted octanol–water partition coefficient (Wildman–Crippen LogP) is 4.81. The molecule has 1 amide bonds. The Balaban J connectivity index is 1.50. The van der Waals surface area contributed by atoms with Crippen LogP contribution < -0.4 is 19.5 Å². The number of methoxy groups -OCH3 is 2. The number of ether oxygens (including phenoxy) is 3. The summed E-state index contributed by atoms with van der Waals surface area (Å²) in [7, 11) is 3.09. The molecule has 0 aromatic heterocycles. The van der Waals surface area contributed by atoms with Crippen LogP contribution in [0.3, 0.4) is 0 Å². The SMILES string of the molecule is COc1ccc(N=C2NC(=O)/C(=C/c3ccc(OC(=O)c4ccccc4)c(OC)c3)S2)cc1. The number of hydrogen-bond acceptors (Lipinski definition) is 7. The van der Waals surface area contributed by atoms with Gasteiger partial charge < -0.3 is 19.5 Å². The van der Waals surface area contributed by atoms with Crippen LogP contribution in [0, 0.1) is 0 Å². The van der Waals surface area contributed by atoms with E-state index in [0.717, 1.165) is 11.3 Å². The summed E-state index contributed by atoms with van der Waals surface area (Å²) in [6.45, 7) is 0. The first-order valence-electron chi connectivity index (χ1n) is 9.94. The Labute approximate surface area is 195 Å². The van der Waals surface area contributed by atoms with Gasteiger partial charge in [0.25, 0.3) is 5.91 Å². The van der Waals surface area contributed by atoms with E-state index in [1.807, 2.05) is 6.07 Å². The number of amides is 1. The van der Waals surface area contributed by atoms with Gasteiger partial charge in [-0.05, 0) is 71.9 Å². The molecule has 1 fully saturated rings. The van der Waals surface area contributed by atoms with Crippen molar-refractivity contribution >= 4 is 40.6 Å². The molecule has 0 radical (unpaired) electrons. The van der Waals surface area contributed by atoms with Crippen molar-refractivity contribution in [2.24, 2.45) is 4.99 Å². The first-order valence-corrected chi connectivity index (χ1v) is 10.8. The minimum atomic E-state index is -0.481. The highest BCUT2D eigenvalue weighted by Gasteiger charge is 2.24. The largest absolute Gasteiger partial charge is 0.497 e.